The van der Waals surface area contributed by atoms with Gasteiger partial charge in [-0.3, -0.25) is 0 Å². The molecule has 3 N–H and O–H groups in total. The fourth-order valence-electron chi connectivity index (χ4n) is 1.77. The van der Waals surface area contributed by atoms with Crippen LogP contribution in [0.5, 0.6) is 0 Å². The zero-order valence-electron chi connectivity index (χ0n) is 9.31. The average molecular weight is 248 g/mol. The first-order valence-corrected chi connectivity index (χ1v) is 5.81. The molecule has 2 aromatic carbocycles. The van der Waals surface area contributed by atoms with E-state index in [4.69, 9.17) is 17.3 Å². The SMILES string of the molecule is Nc1ccccc1C(O)Cc1ccc(Cl)cc1. The summed E-state index contributed by atoms with van der Waals surface area (Å²) in [5.74, 6) is 0. The quantitative estimate of drug-likeness (QED) is 0.819. The summed E-state index contributed by atoms with van der Waals surface area (Å²) in [6.07, 6.45) is -0.0526. The molecule has 0 radical (unpaired) electrons. The van der Waals surface area contributed by atoms with Gasteiger partial charge in [-0.25, -0.2) is 0 Å². The van der Waals surface area contributed by atoms with Gasteiger partial charge in [0.05, 0.1) is 6.10 Å². The number of rotatable bonds is 3. The van der Waals surface area contributed by atoms with Gasteiger partial charge >= 0.3 is 0 Å². The molecule has 17 heavy (non-hydrogen) atoms. The molecule has 0 aliphatic rings. The van der Waals surface area contributed by atoms with Crippen molar-refractivity contribution in [2.45, 2.75) is 12.5 Å². The van der Waals surface area contributed by atoms with Crippen LogP contribution in [0.25, 0.3) is 0 Å². The maximum absolute atomic E-state index is 10.1. The van der Waals surface area contributed by atoms with E-state index >= 15 is 0 Å². The molecule has 0 aliphatic heterocycles. The van der Waals surface area contributed by atoms with Crippen molar-refractivity contribution in [1.82, 2.24) is 0 Å². The predicted molar refractivity (Wildman–Crippen MR) is 71.0 cm³/mol. The highest BCUT2D eigenvalue weighted by Gasteiger charge is 2.10. The summed E-state index contributed by atoms with van der Waals surface area (Å²) in [5, 5.41) is 10.8. The maximum Gasteiger partial charge on any atom is 0.0850 e. The Morgan fingerprint density at radius 2 is 1.71 bits per heavy atom. The van der Waals surface area contributed by atoms with Crippen LogP contribution in [0, 0.1) is 0 Å². The fourth-order valence-corrected chi connectivity index (χ4v) is 1.89. The smallest absolute Gasteiger partial charge is 0.0850 e. The number of halogens is 1. The van der Waals surface area contributed by atoms with Crippen molar-refractivity contribution in [3.63, 3.8) is 0 Å². The average Bonchev–Trinajstić information content (AvgIpc) is 2.32. The zero-order chi connectivity index (χ0) is 12.3. The molecule has 0 aliphatic carbocycles. The van der Waals surface area contributed by atoms with Gasteiger partial charge in [0, 0.05) is 22.7 Å². The van der Waals surface area contributed by atoms with Crippen molar-refractivity contribution in [2.75, 3.05) is 5.73 Å². The molecule has 3 heteroatoms. The van der Waals surface area contributed by atoms with Gasteiger partial charge in [0.2, 0.25) is 0 Å². The lowest BCUT2D eigenvalue weighted by Crippen LogP contribution is -2.05. The summed E-state index contributed by atoms with van der Waals surface area (Å²) in [7, 11) is 0. The standard InChI is InChI=1S/C14H14ClNO/c15-11-7-5-10(6-8-11)9-14(17)12-3-1-2-4-13(12)16/h1-8,14,17H,9,16H2. The van der Waals surface area contributed by atoms with Crippen molar-refractivity contribution in [3.8, 4) is 0 Å². The Morgan fingerprint density at radius 3 is 2.35 bits per heavy atom. The van der Waals surface area contributed by atoms with Crippen LogP contribution in [0.3, 0.4) is 0 Å². The Kier molecular flexibility index (Phi) is 3.67. The van der Waals surface area contributed by atoms with E-state index in [2.05, 4.69) is 0 Å². The van der Waals surface area contributed by atoms with Gasteiger partial charge in [0.15, 0.2) is 0 Å². The second kappa shape index (κ2) is 5.21. The van der Waals surface area contributed by atoms with E-state index < -0.39 is 6.10 Å². The third kappa shape index (κ3) is 2.99. The molecule has 2 rings (SSSR count). The number of hydrogen-bond donors (Lipinski definition) is 2. The second-order valence-electron chi connectivity index (χ2n) is 3.98. The van der Waals surface area contributed by atoms with Gasteiger partial charge in [-0.1, -0.05) is 41.9 Å². The molecule has 0 aromatic heterocycles. The molecular formula is C14H14ClNO. The van der Waals surface area contributed by atoms with Crippen LogP contribution < -0.4 is 5.73 Å². The summed E-state index contributed by atoms with van der Waals surface area (Å²) in [6, 6.07) is 14.8. The van der Waals surface area contributed by atoms with E-state index in [0.29, 0.717) is 17.1 Å². The summed E-state index contributed by atoms with van der Waals surface area (Å²) < 4.78 is 0. The lowest BCUT2D eigenvalue weighted by atomic mass is 10.0. The Bertz CT molecular complexity index is 496. The van der Waals surface area contributed by atoms with Crippen molar-refractivity contribution in [3.05, 3.63) is 64.7 Å². The summed E-state index contributed by atoms with van der Waals surface area (Å²) in [5.41, 5.74) is 8.24. The van der Waals surface area contributed by atoms with E-state index in [-0.39, 0.29) is 0 Å². The molecule has 1 atom stereocenters. The first-order valence-electron chi connectivity index (χ1n) is 5.44. The first-order chi connectivity index (χ1) is 8.16. The van der Waals surface area contributed by atoms with Crippen LogP contribution in [0.2, 0.25) is 5.02 Å². The monoisotopic (exact) mass is 247 g/mol. The molecule has 0 bridgehead atoms. The van der Waals surface area contributed by atoms with Crippen LogP contribution in [-0.4, -0.2) is 5.11 Å². The van der Waals surface area contributed by atoms with Gasteiger partial charge in [-0.2, -0.15) is 0 Å². The molecule has 88 valence electrons. The number of nitrogen functional groups attached to an aromatic ring is 1. The van der Waals surface area contributed by atoms with Crippen LogP contribution in [0.1, 0.15) is 17.2 Å². The van der Waals surface area contributed by atoms with Gasteiger partial charge in [0.25, 0.3) is 0 Å². The van der Waals surface area contributed by atoms with Crippen molar-refractivity contribution >= 4 is 17.3 Å². The Labute approximate surface area is 106 Å². The zero-order valence-corrected chi connectivity index (χ0v) is 10.1. The predicted octanol–water partition coefficient (Wildman–Crippen LogP) is 3.20. The summed E-state index contributed by atoms with van der Waals surface area (Å²) >= 11 is 5.81. The van der Waals surface area contributed by atoms with Gasteiger partial charge in [-0.05, 0) is 23.8 Å². The van der Waals surface area contributed by atoms with E-state index in [9.17, 15) is 5.11 Å². The van der Waals surface area contributed by atoms with Gasteiger partial charge in [-0.15, -0.1) is 0 Å². The topological polar surface area (TPSA) is 46.2 Å². The summed E-state index contributed by atoms with van der Waals surface area (Å²) in [4.78, 5) is 0. The summed E-state index contributed by atoms with van der Waals surface area (Å²) in [6.45, 7) is 0. The van der Waals surface area contributed by atoms with Crippen LogP contribution in [0.4, 0.5) is 5.69 Å². The lowest BCUT2D eigenvalue weighted by Gasteiger charge is -2.13. The number of para-hydroxylation sites is 1. The van der Waals surface area contributed by atoms with E-state index in [1.165, 1.54) is 0 Å². The number of aliphatic hydroxyl groups is 1. The van der Waals surface area contributed by atoms with E-state index in [0.717, 1.165) is 11.1 Å². The van der Waals surface area contributed by atoms with Crippen molar-refractivity contribution < 1.29 is 5.11 Å². The highest BCUT2D eigenvalue weighted by Crippen LogP contribution is 2.23. The molecule has 0 heterocycles. The minimum Gasteiger partial charge on any atom is -0.398 e. The fraction of sp³-hybridized carbons (Fsp3) is 0.143. The highest BCUT2D eigenvalue weighted by molar-refractivity contribution is 6.30. The molecule has 0 spiro atoms. The number of hydrogen-bond acceptors (Lipinski definition) is 2. The normalized spacial score (nSPS) is 12.4. The van der Waals surface area contributed by atoms with Crippen LogP contribution >= 0.6 is 11.6 Å². The van der Waals surface area contributed by atoms with Gasteiger partial charge < -0.3 is 10.8 Å². The first kappa shape index (κ1) is 12.0. The molecule has 2 aromatic rings. The molecule has 0 saturated carbocycles. The molecular weight excluding hydrogens is 234 g/mol. The van der Waals surface area contributed by atoms with E-state index in [1.54, 1.807) is 6.07 Å². The number of aliphatic hydroxyl groups excluding tert-OH is 1. The van der Waals surface area contributed by atoms with E-state index in [1.807, 2.05) is 42.5 Å². The Hall–Kier alpha value is -1.51. The number of anilines is 1. The third-order valence-corrected chi connectivity index (χ3v) is 2.95. The minimum absolute atomic E-state index is 0.533. The number of benzene rings is 2. The number of nitrogens with two attached hydrogens (primary N) is 1. The molecule has 0 amide bonds. The molecule has 1 unspecified atom stereocenters. The lowest BCUT2D eigenvalue weighted by molar-refractivity contribution is 0.179. The van der Waals surface area contributed by atoms with Crippen LogP contribution in [0.15, 0.2) is 48.5 Å². The molecule has 2 nitrogen and oxygen atoms in total. The minimum atomic E-state index is -0.586. The maximum atomic E-state index is 10.1. The van der Waals surface area contributed by atoms with Gasteiger partial charge in [0.1, 0.15) is 0 Å². The molecule has 0 fully saturated rings. The third-order valence-electron chi connectivity index (χ3n) is 2.70. The second-order valence-corrected chi connectivity index (χ2v) is 4.41. The Morgan fingerprint density at radius 1 is 1.06 bits per heavy atom. The van der Waals surface area contributed by atoms with Crippen LogP contribution in [-0.2, 0) is 6.42 Å². The van der Waals surface area contributed by atoms with Crippen molar-refractivity contribution in [2.24, 2.45) is 0 Å². The largest absolute Gasteiger partial charge is 0.398 e. The Balaban J connectivity index is 2.14. The van der Waals surface area contributed by atoms with Crippen molar-refractivity contribution in [1.29, 1.82) is 0 Å². The highest BCUT2D eigenvalue weighted by atomic mass is 35.5. The molecule has 0 saturated heterocycles.